The minimum Gasteiger partial charge on any atom is -0.454 e. The van der Waals surface area contributed by atoms with E-state index in [-0.39, 0.29) is 47.3 Å². The van der Waals surface area contributed by atoms with E-state index >= 15 is 0 Å². The van der Waals surface area contributed by atoms with E-state index in [1.165, 1.54) is 11.8 Å². The number of hydrogen-bond acceptors (Lipinski definition) is 6. The Morgan fingerprint density at radius 2 is 1.97 bits per heavy atom. The first-order chi connectivity index (χ1) is 15.7. The van der Waals surface area contributed by atoms with Crippen LogP contribution in [-0.2, 0) is 23.8 Å². The van der Waals surface area contributed by atoms with Crippen LogP contribution in [0.1, 0.15) is 47.0 Å². The van der Waals surface area contributed by atoms with Crippen molar-refractivity contribution in [1.29, 1.82) is 0 Å². The summed E-state index contributed by atoms with van der Waals surface area (Å²) in [6.07, 6.45) is 5.65. The molecule has 0 amide bonds. The van der Waals surface area contributed by atoms with Gasteiger partial charge in [0.05, 0.1) is 11.5 Å². The molecule has 1 aliphatic heterocycles. The summed E-state index contributed by atoms with van der Waals surface area (Å²) >= 11 is 1.50. The number of fused-ring (bicyclic) bond motifs is 3. The molecule has 1 aromatic rings. The average Bonchev–Trinajstić information content (AvgIpc) is 2.79. The minimum absolute atomic E-state index is 0.0355. The van der Waals surface area contributed by atoms with Crippen LogP contribution in [0, 0.1) is 22.7 Å². The van der Waals surface area contributed by atoms with Gasteiger partial charge < -0.3 is 14.2 Å². The van der Waals surface area contributed by atoms with Gasteiger partial charge in [-0.2, -0.15) is 0 Å². The highest BCUT2D eigenvalue weighted by Gasteiger charge is 2.61. The van der Waals surface area contributed by atoms with Crippen molar-refractivity contribution >= 4 is 23.7 Å². The lowest BCUT2D eigenvalue weighted by Gasteiger charge is -2.57. The number of hydrogen-bond donors (Lipinski definition) is 0. The van der Waals surface area contributed by atoms with Crippen molar-refractivity contribution in [3.8, 4) is 0 Å². The van der Waals surface area contributed by atoms with Crippen molar-refractivity contribution in [3.63, 3.8) is 0 Å². The lowest BCUT2D eigenvalue weighted by molar-refractivity contribution is -0.181. The summed E-state index contributed by atoms with van der Waals surface area (Å²) in [7, 11) is 1.67. The molecular weight excluding hydrogens is 436 g/mol. The second-order valence-electron chi connectivity index (χ2n) is 10.1. The maximum Gasteiger partial charge on any atom is 0.331 e. The molecule has 0 radical (unpaired) electrons. The Morgan fingerprint density at radius 1 is 1.24 bits per heavy atom. The number of methoxy groups -OCH3 is 1. The van der Waals surface area contributed by atoms with Gasteiger partial charge in [-0.25, -0.2) is 4.79 Å². The zero-order valence-corrected chi connectivity index (χ0v) is 20.9. The maximum atomic E-state index is 13.6. The van der Waals surface area contributed by atoms with Crippen LogP contribution in [0.5, 0.6) is 0 Å². The van der Waals surface area contributed by atoms with Crippen molar-refractivity contribution < 1.29 is 23.8 Å². The van der Waals surface area contributed by atoms with Crippen molar-refractivity contribution in [2.75, 3.05) is 13.0 Å². The summed E-state index contributed by atoms with van der Waals surface area (Å²) in [6, 6.07) is 9.91. The van der Waals surface area contributed by atoms with E-state index in [2.05, 4.69) is 26.8 Å². The van der Waals surface area contributed by atoms with Crippen molar-refractivity contribution in [2.24, 2.45) is 22.7 Å². The summed E-state index contributed by atoms with van der Waals surface area (Å²) in [5.74, 6) is -0.119. The van der Waals surface area contributed by atoms with E-state index in [1.54, 1.807) is 13.2 Å². The van der Waals surface area contributed by atoms with Gasteiger partial charge in [0.2, 0.25) is 0 Å². The molecule has 1 fully saturated rings. The summed E-state index contributed by atoms with van der Waals surface area (Å²) in [5, 5.41) is 0. The highest BCUT2D eigenvalue weighted by atomic mass is 32.2. The number of thioether (sulfide) groups is 1. The molecule has 33 heavy (non-hydrogen) atoms. The number of carbonyl (C=O) groups is 2. The summed E-state index contributed by atoms with van der Waals surface area (Å²) < 4.78 is 17.4. The molecule has 5 nitrogen and oxygen atoms in total. The van der Waals surface area contributed by atoms with Crippen molar-refractivity contribution in [3.05, 3.63) is 53.6 Å². The van der Waals surface area contributed by atoms with E-state index in [0.29, 0.717) is 0 Å². The average molecular weight is 471 g/mol. The number of rotatable bonds is 6. The first-order valence-electron chi connectivity index (χ1n) is 11.7. The first-order valence-corrected chi connectivity index (χ1v) is 12.7. The topological polar surface area (TPSA) is 61.8 Å². The number of esters is 2. The van der Waals surface area contributed by atoms with Gasteiger partial charge in [-0.15, -0.1) is 0 Å². The second kappa shape index (κ2) is 9.30. The number of benzene rings is 1. The zero-order chi connectivity index (χ0) is 23.8. The molecule has 0 spiro atoms. The van der Waals surface area contributed by atoms with Crippen molar-refractivity contribution in [2.45, 2.75) is 64.1 Å². The third-order valence-corrected chi connectivity index (χ3v) is 8.73. The second-order valence-corrected chi connectivity index (χ2v) is 11.1. The van der Waals surface area contributed by atoms with Crippen LogP contribution in [0.25, 0.3) is 0 Å². The highest BCUT2D eigenvalue weighted by molar-refractivity contribution is 7.99. The van der Waals surface area contributed by atoms with Gasteiger partial charge in [0, 0.05) is 18.1 Å². The number of carbonyl (C=O) groups excluding carboxylic acids is 2. The van der Waals surface area contributed by atoms with E-state index in [9.17, 15) is 9.59 Å². The molecule has 0 N–H and O–H groups in total. The Bertz CT molecular complexity index is 968. The van der Waals surface area contributed by atoms with Crippen LogP contribution >= 0.6 is 11.8 Å². The van der Waals surface area contributed by atoms with Gasteiger partial charge >= 0.3 is 11.9 Å². The summed E-state index contributed by atoms with van der Waals surface area (Å²) in [6.45, 7) is 8.33. The molecule has 1 heterocycles. The summed E-state index contributed by atoms with van der Waals surface area (Å²) in [4.78, 5) is 27.2. The number of allylic oxidation sites excluding steroid dienone is 1. The molecule has 3 aliphatic rings. The van der Waals surface area contributed by atoms with Crippen LogP contribution in [0.2, 0.25) is 0 Å². The fourth-order valence-electron chi connectivity index (χ4n) is 6.12. The van der Waals surface area contributed by atoms with Gasteiger partial charge in [0.25, 0.3) is 0 Å². The SMILES string of the molecule is CO[C@H]1CC[C@]2(C)C3=CC(=O)O[C@H](C(C)C)C3=CC[C@H]2[C@@]1(C)C(=O)OCSc1ccccc1. The smallest absolute Gasteiger partial charge is 0.331 e. The predicted molar refractivity (Wildman–Crippen MR) is 128 cm³/mol. The minimum atomic E-state index is -0.823. The molecular formula is C27H34O5S. The third-order valence-electron chi connectivity index (χ3n) is 7.89. The van der Waals surface area contributed by atoms with Crippen LogP contribution in [0.4, 0.5) is 0 Å². The molecule has 0 bridgehead atoms. The van der Waals surface area contributed by atoms with Crippen LogP contribution in [0.15, 0.2) is 58.5 Å². The molecule has 0 unspecified atom stereocenters. The van der Waals surface area contributed by atoms with E-state index < -0.39 is 5.41 Å². The van der Waals surface area contributed by atoms with Crippen LogP contribution < -0.4 is 0 Å². The Morgan fingerprint density at radius 3 is 2.64 bits per heavy atom. The fraction of sp³-hybridized carbons (Fsp3) is 0.556. The molecule has 178 valence electrons. The Hall–Kier alpha value is -2.05. The van der Waals surface area contributed by atoms with Gasteiger partial charge in [-0.3, -0.25) is 4.79 Å². The normalized spacial score (nSPS) is 33.4. The lowest BCUT2D eigenvalue weighted by Crippen LogP contribution is -2.58. The Labute approximate surface area is 200 Å². The van der Waals surface area contributed by atoms with Crippen molar-refractivity contribution in [1.82, 2.24) is 0 Å². The molecule has 1 saturated carbocycles. The molecule has 0 saturated heterocycles. The molecule has 0 aromatic heterocycles. The van der Waals surface area contributed by atoms with Gasteiger partial charge in [-0.05, 0) is 66.7 Å². The molecule has 6 heteroatoms. The molecule has 1 aromatic carbocycles. The first kappa shape index (κ1) is 24.1. The van der Waals surface area contributed by atoms with E-state index in [1.807, 2.05) is 37.3 Å². The maximum absolute atomic E-state index is 13.6. The largest absolute Gasteiger partial charge is 0.454 e. The molecule has 4 rings (SSSR count). The standard InChI is InChI=1S/C27H34O5S/c1-17(2)24-19-11-12-21-26(3,20(19)15-23(28)32-24)14-13-22(30-5)27(21,4)25(29)31-16-33-18-9-7-6-8-10-18/h6-11,15,17,21-22,24H,12-14,16H2,1-5H3/t21-,22+,24-,26-,27-/m1/s1. The predicted octanol–water partition coefficient (Wildman–Crippen LogP) is 5.55. The number of ether oxygens (including phenoxy) is 3. The Kier molecular flexibility index (Phi) is 6.79. The fourth-order valence-corrected chi connectivity index (χ4v) is 6.77. The van der Waals surface area contributed by atoms with Crippen LogP contribution in [0.3, 0.4) is 0 Å². The molecule has 2 aliphatic carbocycles. The quantitative estimate of drug-likeness (QED) is 0.308. The summed E-state index contributed by atoms with van der Waals surface area (Å²) in [5.41, 5.74) is 0.985. The zero-order valence-electron chi connectivity index (χ0n) is 20.1. The van der Waals surface area contributed by atoms with E-state index in [0.717, 1.165) is 35.3 Å². The van der Waals surface area contributed by atoms with Crippen LogP contribution in [-0.4, -0.2) is 37.2 Å². The van der Waals surface area contributed by atoms with E-state index in [4.69, 9.17) is 14.2 Å². The van der Waals surface area contributed by atoms with Gasteiger partial charge in [0.15, 0.2) is 0 Å². The lowest BCUT2D eigenvalue weighted by atomic mass is 9.48. The highest BCUT2D eigenvalue weighted by Crippen LogP contribution is 2.61. The number of cyclic esters (lactones) is 1. The monoisotopic (exact) mass is 470 g/mol. The Balaban J connectivity index is 1.63. The molecule has 5 atom stereocenters. The van der Waals surface area contributed by atoms with Gasteiger partial charge in [0.1, 0.15) is 12.0 Å². The van der Waals surface area contributed by atoms with Gasteiger partial charge in [-0.1, -0.05) is 56.8 Å². The third kappa shape index (κ3) is 4.17.